The fourth-order valence-electron chi connectivity index (χ4n) is 2.00. The number of nitrogens with zero attached hydrogens (tertiary/aromatic N) is 3. The van der Waals surface area contributed by atoms with Gasteiger partial charge in [0.15, 0.2) is 0 Å². The Kier molecular flexibility index (Phi) is 4.39. The van der Waals surface area contributed by atoms with Crippen LogP contribution >= 0.6 is 0 Å². The molecule has 1 aromatic heterocycles. The van der Waals surface area contributed by atoms with Crippen LogP contribution in [0.5, 0.6) is 0 Å². The van der Waals surface area contributed by atoms with Gasteiger partial charge in [-0.2, -0.15) is 0 Å². The number of hydrogen-bond acceptors (Lipinski definition) is 5. The smallest absolute Gasteiger partial charge is 0.409 e. The van der Waals surface area contributed by atoms with E-state index >= 15 is 0 Å². The van der Waals surface area contributed by atoms with Crippen LogP contribution in [0.25, 0.3) is 0 Å². The fraction of sp³-hybridized carbons (Fsp3) is 0.462. The summed E-state index contributed by atoms with van der Waals surface area (Å²) in [4.78, 5) is 31.0. The zero-order valence-corrected chi connectivity index (χ0v) is 11.4. The highest BCUT2D eigenvalue weighted by molar-refractivity contribution is 5.92. The maximum atomic E-state index is 12.2. The highest BCUT2D eigenvalue weighted by atomic mass is 16.6. The molecule has 1 fully saturated rings. The summed E-state index contributed by atoms with van der Waals surface area (Å²) in [6.07, 6.45) is 1.13. The molecule has 0 radical (unpaired) electrons. The quantitative estimate of drug-likeness (QED) is 0.854. The molecule has 2 amide bonds. The van der Waals surface area contributed by atoms with Crippen molar-refractivity contribution in [3.8, 4) is 0 Å². The number of rotatable bonds is 2. The molecule has 0 atom stereocenters. The summed E-state index contributed by atoms with van der Waals surface area (Å²) < 4.78 is 4.93. The average molecular weight is 278 g/mol. The molecule has 1 aliphatic heterocycles. The van der Waals surface area contributed by atoms with E-state index in [1.807, 2.05) is 0 Å². The van der Waals surface area contributed by atoms with Crippen LogP contribution in [0.4, 0.5) is 10.5 Å². The average Bonchev–Trinajstić information content (AvgIpc) is 2.48. The van der Waals surface area contributed by atoms with Gasteiger partial charge >= 0.3 is 6.09 Å². The highest BCUT2D eigenvalue weighted by Crippen LogP contribution is 2.09. The lowest BCUT2D eigenvalue weighted by Crippen LogP contribution is -2.50. The van der Waals surface area contributed by atoms with Crippen LogP contribution in [0.2, 0.25) is 0 Å². The molecule has 0 aliphatic carbocycles. The molecule has 1 saturated heterocycles. The van der Waals surface area contributed by atoms with E-state index in [0.29, 0.717) is 44.2 Å². The number of nitrogens with two attached hydrogens (primary N) is 1. The Morgan fingerprint density at radius 1 is 1.25 bits per heavy atom. The van der Waals surface area contributed by atoms with Crippen LogP contribution in [0, 0.1) is 0 Å². The monoisotopic (exact) mass is 278 g/mol. The summed E-state index contributed by atoms with van der Waals surface area (Å²) in [6.45, 7) is 4.02. The first kappa shape index (κ1) is 14.1. The maximum Gasteiger partial charge on any atom is 0.409 e. The van der Waals surface area contributed by atoms with Crippen LogP contribution in [0.1, 0.15) is 17.4 Å². The van der Waals surface area contributed by atoms with E-state index in [0.717, 1.165) is 0 Å². The van der Waals surface area contributed by atoms with Crippen LogP contribution in [0.3, 0.4) is 0 Å². The Morgan fingerprint density at radius 2 is 1.90 bits per heavy atom. The van der Waals surface area contributed by atoms with Crippen molar-refractivity contribution >= 4 is 17.7 Å². The molecule has 1 aliphatic rings. The number of carbonyl (C=O) groups excluding carboxylic acids is 2. The minimum absolute atomic E-state index is 0.145. The molecule has 20 heavy (non-hydrogen) atoms. The van der Waals surface area contributed by atoms with Crippen LogP contribution < -0.4 is 5.73 Å². The summed E-state index contributed by atoms with van der Waals surface area (Å²) in [6, 6.07) is 3.25. The summed E-state index contributed by atoms with van der Waals surface area (Å²) in [5.74, 6) is -0.145. The van der Waals surface area contributed by atoms with Gasteiger partial charge in [-0.15, -0.1) is 0 Å². The molecule has 2 heterocycles. The predicted molar refractivity (Wildman–Crippen MR) is 73.1 cm³/mol. The lowest BCUT2D eigenvalue weighted by Gasteiger charge is -2.33. The molecule has 108 valence electrons. The topological polar surface area (TPSA) is 88.8 Å². The van der Waals surface area contributed by atoms with E-state index < -0.39 is 0 Å². The Bertz CT molecular complexity index is 481. The summed E-state index contributed by atoms with van der Waals surface area (Å²) in [5.41, 5.74) is 6.43. The second kappa shape index (κ2) is 6.23. The number of amides is 2. The number of ether oxygens (including phenoxy) is 1. The summed E-state index contributed by atoms with van der Waals surface area (Å²) >= 11 is 0. The van der Waals surface area contributed by atoms with Gasteiger partial charge in [-0.1, -0.05) is 0 Å². The normalized spacial score (nSPS) is 15.1. The van der Waals surface area contributed by atoms with Crippen molar-refractivity contribution in [1.29, 1.82) is 0 Å². The minimum atomic E-state index is -0.329. The zero-order valence-electron chi connectivity index (χ0n) is 11.4. The SMILES string of the molecule is CCOC(=O)N1CCN(C(=O)c2ccc(N)cn2)CC1. The van der Waals surface area contributed by atoms with E-state index in [1.165, 1.54) is 6.20 Å². The van der Waals surface area contributed by atoms with Crippen LogP contribution in [-0.2, 0) is 4.74 Å². The molecule has 0 aromatic carbocycles. The molecular weight excluding hydrogens is 260 g/mol. The molecule has 1 aromatic rings. The molecule has 0 bridgehead atoms. The Balaban J connectivity index is 1.92. The van der Waals surface area contributed by atoms with Crippen molar-refractivity contribution in [1.82, 2.24) is 14.8 Å². The van der Waals surface area contributed by atoms with Gasteiger partial charge in [0.2, 0.25) is 0 Å². The third kappa shape index (κ3) is 3.17. The number of carbonyl (C=O) groups is 2. The van der Waals surface area contributed by atoms with E-state index in [-0.39, 0.29) is 12.0 Å². The van der Waals surface area contributed by atoms with E-state index in [2.05, 4.69) is 4.98 Å². The fourth-order valence-corrected chi connectivity index (χ4v) is 2.00. The molecule has 0 spiro atoms. The Hall–Kier alpha value is -2.31. The van der Waals surface area contributed by atoms with E-state index in [4.69, 9.17) is 10.5 Å². The molecule has 7 nitrogen and oxygen atoms in total. The summed E-state index contributed by atoms with van der Waals surface area (Å²) in [7, 11) is 0. The maximum absolute atomic E-state index is 12.2. The van der Waals surface area contributed by atoms with Crippen molar-refractivity contribution in [3.05, 3.63) is 24.0 Å². The van der Waals surface area contributed by atoms with Gasteiger partial charge in [0, 0.05) is 26.2 Å². The third-order valence-electron chi connectivity index (χ3n) is 3.10. The van der Waals surface area contributed by atoms with E-state index in [1.54, 1.807) is 28.9 Å². The first-order chi connectivity index (χ1) is 9.61. The van der Waals surface area contributed by atoms with Crippen molar-refractivity contribution in [2.75, 3.05) is 38.5 Å². The van der Waals surface area contributed by atoms with Gasteiger partial charge < -0.3 is 20.3 Å². The first-order valence-corrected chi connectivity index (χ1v) is 6.54. The molecule has 7 heteroatoms. The number of pyridine rings is 1. The van der Waals surface area contributed by atoms with Crippen molar-refractivity contribution in [3.63, 3.8) is 0 Å². The van der Waals surface area contributed by atoms with Crippen molar-refractivity contribution < 1.29 is 14.3 Å². The molecule has 0 saturated carbocycles. The van der Waals surface area contributed by atoms with Gasteiger partial charge in [0.05, 0.1) is 18.5 Å². The van der Waals surface area contributed by atoms with Gasteiger partial charge in [-0.25, -0.2) is 9.78 Å². The van der Waals surface area contributed by atoms with Crippen LogP contribution in [-0.4, -0.2) is 59.6 Å². The summed E-state index contributed by atoms with van der Waals surface area (Å²) in [5, 5.41) is 0. The number of aromatic nitrogens is 1. The number of hydrogen-bond donors (Lipinski definition) is 1. The number of anilines is 1. The van der Waals surface area contributed by atoms with Crippen LogP contribution in [0.15, 0.2) is 18.3 Å². The lowest BCUT2D eigenvalue weighted by molar-refractivity contribution is 0.0566. The van der Waals surface area contributed by atoms with E-state index in [9.17, 15) is 9.59 Å². The largest absolute Gasteiger partial charge is 0.450 e. The van der Waals surface area contributed by atoms with Gasteiger partial charge in [-0.3, -0.25) is 4.79 Å². The third-order valence-corrected chi connectivity index (χ3v) is 3.10. The minimum Gasteiger partial charge on any atom is -0.450 e. The molecule has 2 N–H and O–H groups in total. The molecule has 0 unspecified atom stereocenters. The first-order valence-electron chi connectivity index (χ1n) is 6.54. The number of piperazine rings is 1. The zero-order chi connectivity index (χ0) is 14.5. The second-order valence-electron chi connectivity index (χ2n) is 4.45. The molecular formula is C13H18N4O3. The Labute approximate surface area is 117 Å². The number of nitrogen functional groups attached to an aromatic ring is 1. The van der Waals surface area contributed by atoms with Gasteiger partial charge in [0.1, 0.15) is 5.69 Å². The van der Waals surface area contributed by atoms with Gasteiger partial charge in [0.25, 0.3) is 5.91 Å². The molecule has 2 rings (SSSR count). The standard InChI is InChI=1S/C13H18N4O3/c1-2-20-13(19)17-7-5-16(6-8-17)12(18)11-4-3-10(14)9-15-11/h3-4,9H,2,5-8,14H2,1H3. The highest BCUT2D eigenvalue weighted by Gasteiger charge is 2.25. The van der Waals surface area contributed by atoms with Crippen molar-refractivity contribution in [2.45, 2.75) is 6.92 Å². The second-order valence-corrected chi connectivity index (χ2v) is 4.45. The van der Waals surface area contributed by atoms with Crippen molar-refractivity contribution in [2.24, 2.45) is 0 Å². The predicted octanol–water partition coefficient (Wildman–Crippen LogP) is 0.578. The lowest BCUT2D eigenvalue weighted by atomic mass is 10.2. The Morgan fingerprint density at radius 3 is 2.45 bits per heavy atom. The van der Waals surface area contributed by atoms with Gasteiger partial charge in [-0.05, 0) is 19.1 Å².